The number of nitrogens with zero attached hydrogens (tertiary/aromatic N) is 3. The molecule has 0 amide bonds. The number of aryl methyl sites for hydroxylation is 2. The topological polar surface area (TPSA) is 75.2 Å². The van der Waals surface area contributed by atoms with Crippen molar-refractivity contribution in [3.05, 3.63) is 53.6 Å². The van der Waals surface area contributed by atoms with Crippen LogP contribution in [-0.2, 0) is 0 Å². The fourth-order valence-electron chi connectivity index (χ4n) is 2.74. The largest absolute Gasteiger partial charge is 0.497 e. The standard InChI is InChI=1S/C20H24N4O2S/c1-14-11-15(2)13-18(12-14)26-9-4-10-27-20-23-22-19(24(20)21)16-5-7-17(25-3)8-6-16/h5-8,11-13H,4,9-10,21H2,1-3H3. The predicted octanol–water partition coefficient (Wildman–Crippen LogP) is 3.85. The van der Waals surface area contributed by atoms with Gasteiger partial charge in [0.1, 0.15) is 11.5 Å². The molecule has 0 saturated carbocycles. The zero-order valence-corrected chi connectivity index (χ0v) is 16.6. The number of hydrogen-bond donors (Lipinski definition) is 1. The maximum absolute atomic E-state index is 6.15. The van der Waals surface area contributed by atoms with Gasteiger partial charge in [0.05, 0.1) is 13.7 Å². The quantitative estimate of drug-likeness (QED) is 0.361. The zero-order chi connectivity index (χ0) is 19.2. The van der Waals surface area contributed by atoms with Crippen LogP contribution in [0.3, 0.4) is 0 Å². The van der Waals surface area contributed by atoms with Crippen molar-refractivity contribution in [3.8, 4) is 22.9 Å². The summed E-state index contributed by atoms with van der Waals surface area (Å²) < 4.78 is 12.5. The Hall–Kier alpha value is -2.67. The van der Waals surface area contributed by atoms with Crippen LogP contribution in [0.25, 0.3) is 11.4 Å². The van der Waals surface area contributed by atoms with Gasteiger partial charge in [-0.25, -0.2) is 4.68 Å². The molecular weight excluding hydrogens is 360 g/mol. The molecular formula is C20H24N4O2S. The summed E-state index contributed by atoms with van der Waals surface area (Å²) in [6.07, 6.45) is 0.891. The second-order valence-corrected chi connectivity index (χ2v) is 7.34. The first-order valence-corrected chi connectivity index (χ1v) is 9.74. The lowest BCUT2D eigenvalue weighted by atomic mass is 10.1. The van der Waals surface area contributed by atoms with Crippen LogP contribution in [0.4, 0.5) is 0 Å². The first-order chi connectivity index (χ1) is 13.1. The number of rotatable bonds is 8. The van der Waals surface area contributed by atoms with Crippen molar-refractivity contribution in [2.75, 3.05) is 25.3 Å². The van der Waals surface area contributed by atoms with Crippen molar-refractivity contribution in [1.82, 2.24) is 14.9 Å². The molecule has 6 nitrogen and oxygen atoms in total. The molecule has 0 aliphatic carbocycles. The molecule has 0 aliphatic rings. The summed E-state index contributed by atoms with van der Waals surface area (Å²) in [5, 5.41) is 9.08. The van der Waals surface area contributed by atoms with Crippen LogP contribution in [-0.4, -0.2) is 34.3 Å². The number of methoxy groups -OCH3 is 1. The average Bonchev–Trinajstić information content (AvgIpc) is 3.01. The lowest BCUT2D eigenvalue weighted by Gasteiger charge is -2.08. The van der Waals surface area contributed by atoms with Crippen LogP contribution in [0, 0.1) is 13.8 Å². The molecule has 7 heteroatoms. The highest BCUT2D eigenvalue weighted by Crippen LogP contribution is 2.24. The van der Waals surface area contributed by atoms with Gasteiger partial charge in [-0.15, -0.1) is 10.2 Å². The van der Waals surface area contributed by atoms with Crippen molar-refractivity contribution >= 4 is 11.8 Å². The molecule has 0 bridgehead atoms. The number of nitrogen functional groups attached to an aromatic ring is 1. The highest BCUT2D eigenvalue weighted by Gasteiger charge is 2.12. The molecule has 0 fully saturated rings. The van der Waals surface area contributed by atoms with E-state index in [0.29, 0.717) is 17.6 Å². The third kappa shape index (κ3) is 4.95. The Balaban J connectivity index is 1.50. The van der Waals surface area contributed by atoms with Crippen LogP contribution in [0.2, 0.25) is 0 Å². The zero-order valence-electron chi connectivity index (χ0n) is 15.8. The number of aromatic nitrogens is 3. The normalized spacial score (nSPS) is 10.8. The van der Waals surface area contributed by atoms with E-state index in [9.17, 15) is 0 Å². The Morgan fingerprint density at radius 3 is 2.37 bits per heavy atom. The van der Waals surface area contributed by atoms with Gasteiger partial charge in [-0.3, -0.25) is 0 Å². The summed E-state index contributed by atoms with van der Waals surface area (Å²) in [7, 11) is 1.64. The number of hydrogen-bond acceptors (Lipinski definition) is 6. The van der Waals surface area contributed by atoms with Crippen molar-refractivity contribution in [2.24, 2.45) is 0 Å². The Kier molecular flexibility index (Phi) is 6.24. The van der Waals surface area contributed by atoms with E-state index >= 15 is 0 Å². The number of ether oxygens (including phenoxy) is 2. The van der Waals surface area contributed by atoms with Gasteiger partial charge >= 0.3 is 0 Å². The van der Waals surface area contributed by atoms with Gasteiger partial charge in [-0.05, 0) is 67.8 Å². The maximum Gasteiger partial charge on any atom is 0.210 e. The van der Waals surface area contributed by atoms with Crippen molar-refractivity contribution in [2.45, 2.75) is 25.4 Å². The molecule has 0 radical (unpaired) electrons. The van der Waals surface area contributed by atoms with E-state index in [1.807, 2.05) is 24.3 Å². The Labute approximate surface area is 163 Å². The predicted molar refractivity (Wildman–Crippen MR) is 109 cm³/mol. The SMILES string of the molecule is COc1ccc(-c2nnc(SCCCOc3cc(C)cc(C)c3)n2N)cc1. The van der Waals surface area contributed by atoms with E-state index in [1.165, 1.54) is 15.8 Å². The third-order valence-corrected chi connectivity index (χ3v) is 5.03. The van der Waals surface area contributed by atoms with E-state index in [1.54, 1.807) is 18.9 Å². The smallest absolute Gasteiger partial charge is 0.210 e. The summed E-state index contributed by atoms with van der Waals surface area (Å²) in [4.78, 5) is 0. The van der Waals surface area contributed by atoms with E-state index in [-0.39, 0.29) is 0 Å². The number of nitrogens with two attached hydrogens (primary N) is 1. The lowest BCUT2D eigenvalue weighted by Crippen LogP contribution is -2.11. The summed E-state index contributed by atoms with van der Waals surface area (Å²) in [5.41, 5.74) is 3.32. The molecule has 27 heavy (non-hydrogen) atoms. The molecule has 3 aromatic rings. The molecule has 0 spiro atoms. The number of thioether (sulfide) groups is 1. The Bertz CT molecular complexity index is 873. The summed E-state index contributed by atoms with van der Waals surface area (Å²) in [5.74, 6) is 9.34. The van der Waals surface area contributed by atoms with Gasteiger partial charge < -0.3 is 15.3 Å². The molecule has 142 valence electrons. The molecule has 2 aromatic carbocycles. The van der Waals surface area contributed by atoms with E-state index < -0.39 is 0 Å². The molecule has 0 aliphatic heterocycles. The van der Waals surface area contributed by atoms with Gasteiger partial charge in [0, 0.05) is 11.3 Å². The summed E-state index contributed by atoms with van der Waals surface area (Å²) >= 11 is 1.57. The minimum Gasteiger partial charge on any atom is -0.497 e. The lowest BCUT2D eigenvalue weighted by molar-refractivity contribution is 0.318. The maximum atomic E-state index is 6.15. The molecule has 2 N–H and O–H groups in total. The molecule has 0 saturated heterocycles. The monoisotopic (exact) mass is 384 g/mol. The van der Waals surface area contributed by atoms with Gasteiger partial charge in [0.2, 0.25) is 5.16 Å². The van der Waals surface area contributed by atoms with Gasteiger partial charge in [-0.2, -0.15) is 0 Å². The third-order valence-electron chi connectivity index (χ3n) is 4.00. The first kappa shape index (κ1) is 19.1. The van der Waals surface area contributed by atoms with Crippen LogP contribution in [0.1, 0.15) is 17.5 Å². The molecule has 1 aromatic heterocycles. The van der Waals surface area contributed by atoms with Crippen LogP contribution in [0.15, 0.2) is 47.6 Å². The highest BCUT2D eigenvalue weighted by atomic mass is 32.2. The summed E-state index contributed by atoms with van der Waals surface area (Å²) in [6, 6.07) is 13.8. The van der Waals surface area contributed by atoms with Crippen LogP contribution < -0.4 is 15.3 Å². The minimum atomic E-state index is 0.631. The van der Waals surface area contributed by atoms with Gasteiger partial charge in [-0.1, -0.05) is 17.8 Å². The van der Waals surface area contributed by atoms with Gasteiger partial charge in [0.15, 0.2) is 5.82 Å². The Morgan fingerprint density at radius 2 is 1.70 bits per heavy atom. The van der Waals surface area contributed by atoms with E-state index in [0.717, 1.165) is 29.2 Å². The van der Waals surface area contributed by atoms with Crippen molar-refractivity contribution < 1.29 is 9.47 Å². The average molecular weight is 385 g/mol. The number of benzene rings is 2. The fourth-order valence-corrected chi connectivity index (χ4v) is 3.51. The molecule has 1 heterocycles. The first-order valence-electron chi connectivity index (χ1n) is 8.75. The summed E-state index contributed by atoms with van der Waals surface area (Å²) in [6.45, 7) is 4.80. The Morgan fingerprint density at radius 1 is 1.00 bits per heavy atom. The van der Waals surface area contributed by atoms with Gasteiger partial charge in [0.25, 0.3) is 0 Å². The molecule has 0 atom stereocenters. The van der Waals surface area contributed by atoms with Crippen LogP contribution >= 0.6 is 11.8 Å². The fraction of sp³-hybridized carbons (Fsp3) is 0.300. The second kappa shape index (κ2) is 8.81. The van der Waals surface area contributed by atoms with Crippen molar-refractivity contribution in [1.29, 1.82) is 0 Å². The second-order valence-electron chi connectivity index (χ2n) is 6.28. The highest BCUT2D eigenvalue weighted by molar-refractivity contribution is 7.99. The van der Waals surface area contributed by atoms with Crippen molar-refractivity contribution in [3.63, 3.8) is 0 Å². The molecule has 3 rings (SSSR count). The molecule has 0 unspecified atom stereocenters. The minimum absolute atomic E-state index is 0.631. The van der Waals surface area contributed by atoms with E-state index in [4.69, 9.17) is 15.3 Å². The van der Waals surface area contributed by atoms with E-state index in [2.05, 4.69) is 42.2 Å². The van der Waals surface area contributed by atoms with Crippen LogP contribution in [0.5, 0.6) is 11.5 Å².